The van der Waals surface area contributed by atoms with Gasteiger partial charge in [0.1, 0.15) is 0 Å². The Morgan fingerprint density at radius 1 is 1.20 bits per heavy atom. The number of hydrogen-bond donors (Lipinski definition) is 2. The topological polar surface area (TPSA) is 69.6 Å². The highest BCUT2D eigenvalue weighted by atomic mass is 16.4. The van der Waals surface area contributed by atoms with Crippen LogP contribution in [0.25, 0.3) is 0 Å². The van der Waals surface area contributed by atoms with Crippen molar-refractivity contribution in [3.63, 3.8) is 0 Å². The number of carboxylic acid groups (broad SMARTS) is 1. The summed E-state index contributed by atoms with van der Waals surface area (Å²) in [5, 5.41) is 12.0. The summed E-state index contributed by atoms with van der Waals surface area (Å²) in [6.45, 7) is 5.14. The van der Waals surface area contributed by atoms with Gasteiger partial charge in [-0.05, 0) is 25.2 Å². The van der Waals surface area contributed by atoms with Crippen molar-refractivity contribution in [2.24, 2.45) is 17.8 Å². The van der Waals surface area contributed by atoms with E-state index in [0.29, 0.717) is 19.1 Å². The maximum absolute atomic E-state index is 12.1. The molecular weight excluding hydrogens is 256 g/mol. The number of aliphatic carboxylic acids is 1. The molecule has 1 saturated carbocycles. The normalized spacial score (nSPS) is 29.2. The molecular formula is C15H26N2O3. The summed E-state index contributed by atoms with van der Waals surface area (Å²) in [6.07, 6.45) is 5.76. The summed E-state index contributed by atoms with van der Waals surface area (Å²) in [5.74, 6) is -0.264. The summed E-state index contributed by atoms with van der Waals surface area (Å²) in [6, 6.07) is 0.279. The molecule has 3 atom stereocenters. The van der Waals surface area contributed by atoms with E-state index in [4.69, 9.17) is 5.11 Å². The molecule has 5 nitrogen and oxygen atoms in total. The molecule has 114 valence electrons. The largest absolute Gasteiger partial charge is 0.481 e. The lowest BCUT2D eigenvalue weighted by Gasteiger charge is -2.41. The first kappa shape index (κ1) is 15.1. The number of likely N-dealkylation sites (tertiary alicyclic amines) is 1. The predicted octanol–water partition coefficient (Wildman–Crippen LogP) is 2.32. The second-order valence-corrected chi connectivity index (χ2v) is 6.55. The van der Waals surface area contributed by atoms with E-state index in [0.717, 1.165) is 18.8 Å². The molecule has 0 spiro atoms. The molecule has 1 aliphatic heterocycles. The zero-order valence-corrected chi connectivity index (χ0v) is 12.5. The van der Waals surface area contributed by atoms with Crippen molar-refractivity contribution >= 4 is 12.0 Å². The van der Waals surface area contributed by atoms with Gasteiger partial charge in [-0.3, -0.25) is 4.79 Å². The summed E-state index contributed by atoms with van der Waals surface area (Å²) in [4.78, 5) is 24.7. The summed E-state index contributed by atoms with van der Waals surface area (Å²) in [5.41, 5.74) is 0. The maximum Gasteiger partial charge on any atom is 0.317 e. The molecule has 2 amide bonds. The van der Waals surface area contributed by atoms with Crippen LogP contribution in [0.3, 0.4) is 0 Å². The van der Waals surface area contributed by atoms with E-state index in [2.05, 4.69) is 12.2 Å². The van der Waals surface area contributed by atoms with Crippen molar-refractivity contribution in [1.82, 2.24) is 10.2 Å². The second-order valence-electron chi connectivity index (χ2n) is 6.55. The molecule has 2 rings (SSSR count). The minimum Gasteiger partial charge on any atom is -0.481 e. The fourth-order valence-corrected chi connectivity index (χ4v) is 3.09. The number of carbonyl (C=O) groups excluding carboxylic acids is 1. The first-order valence-corrected chi connectivity index (χ1v) is 7.75. The van der Waals surface area contributed by atoms with E-state index in [1.807, 2.05) is 0 Å². The Balaban J connectivity index is 1.73. The van der Waals surface area contributed by atoms with Gasteiger partial charge in [-0.2, -0.15) is 0 Å². The lowest BCUT2D eigenvalue weighted by Crippen LogP contribution is -2.57. The lowest BCUT2D eigenvalue weighted by atomic mass is 9.87. The quantitative estimate of drug-likeness (QED) is 0.780. The minimum atomic E-state index is -0.771. The van der Waals surface area contributed by atoms with E-state index in [1.54, 1.807) is 11.8 Å². The van der Waals surface area contributed by atoms with Crippen LogP contribution in [0.15, 0.2) is 0 Å². The number of carbonyl (C=O) groups is 2. The highest BCUT2D eigenvalue weighted by Crippen LogP contribution is 2.26. The third-order valence-corrected chi connectivity index (χ3v) is 4.88. The molecule has 0 aromatic rings. The number of amides is 2. The van der Waals surface area contributed by atoms with Gasteiger partial charge < -0.3 is 15.3 Å². The summed E-state index contributed by atoms with van der Waals surface area (Å²) in [7, 11) is 0. The average Bonchev–Trinajstić information content (AvgIpc) is 2.52. The fourth-order valence-electron chi connectivity index (χ4n) is 3.09. The van der Waals surface area contributed by atoms with Crippen LogP contribution in [0, 0.1) is 17.8 Å². The molecule has 0 bridgehead atoms. The van der Waals surface area contributed by atoms with Gasteiger partial charge in [0.15, 0.2) is 0 Å². The van der Waals surface area contributed by atoms with Crippen molar-refractivity contribution in [2.75, 3.05) is 13.1 Å². The Hall–Kier alpha value is -1.26. The number of nitrogens with zero attached hydrogens (tertiary/aromatic N) is 1. The molecule has 0 radical (unpaired) electrons. The molecule has 1 heterocycles. The molecule has 0 aromatic carbocycles. The smallest absolute Gasteiger partial charge is 0.317 e. The van der Waals surface area contributed by atoms with Crippen molar-refractivity contribution < 1.29 is 14.7 Å². The maximum atomic E-state index is 12.1. The van der Waals surface area contributed by atoms with Crippen LogP contribution in [-0.4, -0.2) is 41.1 Å². The highest BCUT2D eigenvalue weighted by Gasteiger charge is 2.37. The molecule has 0 aromatic heterocycles. The third kappa shape index (κ3) is 3.64. The van der Waals surface area contributed by atoms with Gasteiger partial charge in [-0.15, -0.1) is 0 Å². The van der Waals surface area contributed by atoms with Gasteiger partial charge in [0.2, 0.25) is 0 Å². The van der Waals surface area contributed by atoms with Gasteiger partial charge in [0, 0.05) is 25.0 Å². The zero-order chi connectivity index (χ0) is 14.7. The average molecular weight is 282 g/mol. The molecule has 1 aliphatic carbocycles. The van der Waals surface area contributed by atoms with Crippen LogP contribution >= 0.6 is 0 Å². The van der Waals surface area contributed by atoms with Crippen LogP contribution in [0.1, 0.15) is 46.0 Å². The Labute approximate surface area is 120 Å². The summed E-state index contributed by atoms with van der Waals surface area (Å²) >= 11 is 0. The number of hydrogen-bond acceptors (Lipinski definition) is 2. The second kappa shape index (κ2) is 6.46. The third-order valence-electron chi connectivity index (χ3n) is 4.88. The molecule has 2 fully saturated rings. The molecule has 2 N–H and O–H groups in total. The van der Waals surface area contributed by atoms with Crippen LogP contribution < -0.4 is 5.32 Å². The van der Waals surface area contributed by atoms with Crippen molar-refractivity contribution in [1.29, 1.82) is 0 Å². The Bertz CT molecular complexity index is 366. The van der Waals surface area contributed by atoms with Gasteiger partial charge in [0.05, 0.1) is 5.92 Å². The highest BCUT2D eigenvalue weighted by molar-refractivity contribution is 5.76. The van der Waals surface area contributed by atoms with Crippen molar-refractivity contribution in [3.8, 4) is 0 Å². The van der Waals surface area contributed by atoms with Crippen LogP contribution in [-0.2, 0) is 4.79 Å². The standard InChI is InChI=1S/C15H26N2O3/c1-10-4-3-5-13(7-6-10)16-15(20)17-8-12(9-17)11(2)14(18)19/h10-13H,3-9H2,1-2H3,(H,16,20)(H,18,19). The Morgan fingerprint density at radius 3 is 2.55 bits per heavy atom. The van der Waals surface area contributed by atoms with E-state index in [9.17, 15) is 9.59 Å². The fraction of sp³-hybridized carbons (Fsp3) is 0.867. The van der Waals surface area contributed by atoms with Gasteiger partial charge in [-0.1, -0.05) is 26.7 Å². The van der Waals surface area contributed by atoms with Gasteiger partial charge >= 0.3 is 12.0 Å². The summed E-state index contributed by atoms with van der Waals surface area (Å²) < 4.78 is 0. The van der Waals surface area contributed by atoms with E-state index in [1.165, 1.54) is 19.3 Å². The first-order valence-electron chi connectivity index (χ1n) is 7.75. The van der Waals surface area contributed by atoms with Crippen LogP contribution in [0.4, 0.5) is 4.79 Å². The van der Waals surface area contributed by atoms with E-state index in [-0.39, 0.29) is 17.9 Å². The van der Waals surface area contributed by atoms with Crippen molar-refractivity contribution in [2.45, 2.75) is 52.0 Å². The number of rotatable bonds is 3. The number of carboxylic acids is 1. The first-order chi connectivity index (χ1) is 9.47. The van der Waals surface area contributed by atoms with E-state index < -0.39 is 5.97 Å². The molecule has 20 heavy (non-hydrogen) atoms. The molecule has 3 unspecified atom stereocenters. The van der Waals surface area contributed by atoms with Gasteiger partial charge in [0.25, 0.3) is 0 Å². The van der Waals surface area contributed by atoms with Gasteiger partial charge in [-0.25, -0.2) is 4.79 Å². The van der Waals surface area contributed by atoms with Crippen LogP contribution in [0.5, 0.6) is 0 Å². The molecule has 2 aliphatic rings. The number of urea groups is 1. The minimum absolute atomic E-state index is 0.0154. The molecule has 5 heteroatoms. The monoisotopic (exact) mass is 282 g/mol. The number of nitrogens with one attached hydrogen (secondary N) is 1. The Morgan fingerprint density at radius 2 is 1.90 bits per heavy atom. The molecule has 1 saturated heterocycles. The Kier molecular flexibility index (Phi) is 4.89. The predicted molar refractivity (Wildman–Crippen MR) is 76.4 cm³/mol. The lowest BCUT2D eigenvalue weighted by molar-refractivity contribution is -0.144. The van der Waals surface area contributed by atoms with Crippen molar-refractivity contribution in [3.05, 3.63) is 0 Å². The van der Waals surface area contributed by atoms with E-state index >= 15 is 0 Å². The zero-order valence-electron chi connectivity index (χ0n) is 12.5. The SMILES string of the molecule is CC1CCCC(NC(=O)N2CC(C(C)C(=O)O)C2)CC1. The van der Waals surface area contributed by atoms with Crippen LogP contribution in [0.2, 0.25) is 0 Å².